The lowest BCUT2D eigenvalue weighted by Gasteiger charge is -2.25. The molecule has 0 spiro atoms. The van der Waals surface area contributed by atoms with Crippen molar-refractivity contribution in [1.82, 2.24) is 4.90 Å². The van der Waals surface area contributed by atoms with Crippen molar-refractivity contribution in [3.63, 3.8) is 0 Å². The SMILES string of the molecule is CCN(CCC(O)c1ccccc1F)C(C)C. The fourth-order valence-electron chi connectivity index (χ4n) is 1.97. The minimum absolute atomic E-state index is 0.326. The molecule has 1 aromatic carbocycles. The summed E-state index contributed by atoms with van der Waals surface area (Å²) in [6.07, 6.45) is -0.156. The zero-order chi connectivity index (χ0) is 12.8. The molecule has 0 saturated carbocycles. The van der Waals surface area contributed by atoms with Gasteiger partial charge in [-0.15, -0.1) is 0 Å². The van der Waals surface area contributed by atoms with Crippen LogP contribution >= 0.6 is 0 Å². The van der Waals surface area contributed by atoms with E-state index in [2.05, 4.69) is 25.7 Å². The first kappa shape index (κ1) is 14.1. The topological polar surface area (TPSA) is 23.5 Å². The second-order valence-electron chi connectivity index (χ2n) is 4.55. The summed E-state index contributed by atoms with van der Waals surface area (Å²) >= 11 is 0. The predicted molar refractivity (Wildman–Crippen MR) is 68.4 cm³/mol. The van der Waals surface area contributed by atoms with E-state index in [0.29, 0.717) is 18.0 Å². The monoisotopic (exact) mass is 239 g/mol. The molecule has 3 heteroatoms. The van der Waals surface area contributed by atoms with Crippen molar-refractivity contribution in [2.24, 2.45) is 0 Å². The largest absolute Gasteiger partial charge is 0.388 e. The van der Waals surface area contributed by atoms with E-state index in [1.54, 1.807) is 18.2 Å². The van der Waals surface area contributed by atoms with Gasteiger partial charge in [-0.05, 0) is 32.9 Å². The molecule has 0 aliphatic carbocycles. The number of aliphatic hydroxyl groups is 1. The Morgan fingerprint density at radius 2 is 1.94 bits per heavy atom. The smallest absolute Gasteiger partial charge is 0.128 e. The van der Waals surface area contributed by atoms with Gasteiger partial charge < -0.3 is 10.0 Å². The van der Waals surface area contributed by atoms with Crippen molar-refractivity contribution < 1.29 is 9.50 Å². The normalized spacial score (nSPS) is 13.4. The van der Waals surface area contributed by atoms with Crippen LogP contribution in [0.4, 0.5) is 4.39 Å². The molecule has 96 valence electrons. The number of hydrogen-bond donors (Lipinski definition) is 1. The van der Waals surface area contributed by atoms with Gasteiger partial charge in [-0.2, -0.15) is 0 Å². The van der Waals surface area contributed by atoms with Crippen LogP contribution in [-0.2, 0) is 0 Å². The van der Waals surface area contributed by atoms with Gasteiger partial charge >= 0.3 is 0 Å². The third-order valence-electron chi connectivity index (χ3n) is 3.09. The highest BCUT2D eigenvalue weighted by atomic mass is 19.1. The molecule has 0 aromatic heterocycles. The predicted octanol–water partition coefficient (Wildman–Crippen LogP) is 2.98. The van der Waals surface area contributed by atoms with Gasteiger partial charge in [-0.25, -0.2) is 4.39 Å². The first-order valence-electron chi connectivity index (χ1n) is 6.22. The van der Waals surface area contributed by atoms with Gasteiger partial charge in [0, 0.05) is 18.2 Å². The maximum absolute atomic E-state index is 13.4. The molecule has 1 aromatic rings. The van der Waals surface area contributed by atoms with Gasteiger partial charge in [0.05, 0.1) is 6.10 Å². The van der Waals surface area contributed by atoms with Crippen molar-refractivity contribution in [3.05, 3.63) is 35.6 Å². The third-order valence-corrected chi connectivity index (χ3v) is 3.09. The lowest BCUT2D eigenvalue weighted by molar-refractivity contribution is 0.130. The van der Waals surface area contributed by atoms with E-state index in [1.165, 1.54) is 6.07 Å². The summed E-state index contributed by atoms with van der Waals surface area (Å²) in [5.41, 5.74) is 0.396. The average Bonchev–Trinajstić information content (AvgIpc) is 2.29. The Bertz CT molecular complexity index is 341. The number of hydrogen-bond acceptors (Lipinski definition) is 2. The molecule has 1 unspecified atom stereocenters. The fourth-order valence-corrected chi connectivity index (χ4v) is 1.97. The minimum atomic E-state index is -0.719. The molecule has 0 heterocycles. The summed E-state index contributed by atoms with van der Waals surface area (Å²) in [5.74, 6) is -0.326. The Labute approximate surface area is 103 Å². The van der Waals surface area contributed by atoms with E-state index in [0.717, 1.165) is 13.1 Å². The molecule has 0 fully saturated rings. The third kappa shape index (κ3) is 4.10. The Kier molecular flexibility index (Phi) is 5.59. The molecular formula is C14H22FNO. The van der Waals surface area contributed by atoms with Gasteiger partial charge in [0.2, 0.25) is 0 Å². The van der Waals surface area contributed by atoms with Crippen molar-refractivity contribution in [2.45, 2.75) is 39.3 Å². The van der Waals surface area contributed by atoms with E-state index in [9.17, 15) is 9.50 Å². The highest BCUT2D eigenvalue weighted by Gasteiger charge is 2.14. The summed E-state index contributed by atoms with van der Waals surface area (Å²) < 4.78 is 13.4. The molecule has 0 saturated heterocycles. The van der Waals surface area contributed by atoms with Crippen molar-refractivity contribution in [2.75, 3.05) is 13.1 Å². The van der Waals surface area contributed by atoms with Gasteiger partial charge in [-0.3, -0.25) is 0 Å². The zero-order valence-corrected chi connectivity index (χ0v) is 10.9. The lowest BCUT2D eigenvalue weighted by atomic mass is 10.1. The van der Waals surface area contributed by atoms with Gasteiger partial charge in [0.1, 0.15) is 5.82 Å². The molecule has 1 N–H and O–H groups in total. The van der Waals surface area contributed by atoms with Crippen LogP contribution in [0.25, 0.3) is 0 Å². The number of halogens is 1. The highest BCUT2D eigenvalue weighted by Crippen LogP contribution is 2.20. The number of rotatable bonds is 6. The van der Waals surface area contributed by atoms with Crippen molar-refractivity contribution >= 4 is 0 Å². The van der Waals surface area contributed by atoms with Crippen LogP contribution in [0, 0.1) is 5.82 Å². The fraction of sp³-hybridized carbons (Fsp3) is 0.571. The molecule has 17 heavy (non-hydrogen) atoms. The molecule has 0 amide bonds. The van der Waals surface area contributed by atoms with Gasteiger partial charge in [0.25, 0.3) is 0 Å². The van der Waals surface area contributed by atoms with Crippen LogP contribution in [-0.4, -0.2) is 29.1 Å². The second-order valence-corrected chi connectivity index (χ2v) is 4.55. The number of nitrogens with zero attached hydrogens (tertiary/aromatic N) is 1. The van der Waals surface area contributed by atoms with Crippen LogP contribution in [0.15, 0.2) is 24.3 Å². The average molecular weight is 239 g/mol. The molecule has 0 aliphatic rings. The summed E-state index contributed by atoms with van der Waals surface area (Å²) in [6, 6.07) is 6.87. The van der Waals surface area contributed by atoms with Crippen LogP contribution < -0.4 is 0 Å². The first-order chi connectivity index (χ1) is 8.06. The first-order valence-corrected chi connectivity index (χ1v) is 6.22. The summed E-state index contributed by atoms with van der Waals surface area (Å²) in [4.78, 5) is 2.25. The summed E-state index contributed by atoms with van der Waals surface area (Å²) in [5, 5.41) is 9.96. The van der Waals surface area contributed by atoms with Gasteiger partial charge in [0.15, 0.2) is 0 Å². The quantitative estimate of drug-likeness (QED) is 0.825. The van der Waals surface area contributed by atoms with E-state index < -0.39 is 6.10 Å². The van der Waals surface area contributed by atoms with E-state index in [-0.39, 0.29) is 5.82 Å². The molecule has 1 atom stereocenters. The minimum Gasteiger partial charge on any atom is -0.388 e. The van der Waals surface area contributed by atoms with Crippen LogP contribution in [0.3, 0.4) is 0 Å². The van der Waals surface area contributed by atoms with E-state index >= 15 is 0 Å². The maximum Gasteiger partial charge on any atom is 0.128 e. The molecule has 1 rings (SSSR count). The molecule has 0 radical (unpaired) electrons. The summed E-state index contributed by atoms with van der Waals surface area (Å²) in [7, 11) is 0. The van der Waals surface area contributed by atoms with Gasteiger partial charge in [-0.1, -0.05) is 25.1 Å². The molecular weight excluding hydrogens is 217 g/mol. The lowest BCUT2D eigenvalue weighted by Crippen LogP contribution is -2.32. The van der Waals surface area contributed by atoms with Crippen LogP contribution in [0.1, 0.15) is 38.9 Å². The molecule has 2 nitrogen and oxygen atoms in total. The van der Waals surface area contributed by atoms with Crippen molar-refractivity contribution in [3.8, 4) is 0 Å². The number of aliphatic hydroxyl groups excluding tert-OH is 1. The highest BCUT2D eigenvalue weighted by molar-refractivity contribution is 5.19. The molecule has 0 bridgehead atoms. The summed E-state index contributed by atoms with van der Waals surface area (Å²) in [6.45, 7) is 8.07. The molecule has 0 aliphatic heterocycles. The Balaban J connectivity index is 2.55. The van der Waals surface area contributed by atoms with Crippen LogP contribution in [0.2, 0.25) is 0 Å². The van der Waals surface area contributed by atoms with Crippen LogP contribution in [0.5, 0.6) is 0 Å². The Morgan fingerprint density at radius 3 is 2.47 bits per heavy atom. The van der Waals surface area contributed by atoms with E-state index in [1.807, 2.05) is 0 Å². The Morgan fingerprint density at radius 1 is 1.29 bits per heavy atom. The zero-order valence-electron chi connectivity index (χ0n) is 10.9. The second kappa shape index (κ2) is 6.72. The standard InChI is InChI=1S/C14H22FNO/c1-4-16(11(2)3)10-9-14(17)12-7-5-6-8-13(12)15/h5-8,11,14,17H,4,9-10H2,1-3H3. The van der Waals surface area contributed by atoms with E-state index in [4.69, 9.17) is 0 Å². The van der Waals surface area contributed by atoms with Crippen molar-refractivity contribution in [1.29, 1.82) is 0 Å². The number of benzene rings is 1. The maximum atomic E-state index is 13.4. The Hall–Kier alpha value is -0.930.